The second-order valence-corrected chi connectivity index (χ2v) is 5.81. The smallest absolute Gasteiger partial charge is 0.306 e. The fourth-order valence-electron chi connectivity index (χ4n) is 2.23. The minimum absolute atomic E-state index is 0.0934. The average molecular weight is 283 g/mol. The molecule has 1 fully saturated rings. The van der Waals surface area contributed by atoms with Crippen LogP contribution in [0.2, 0.25) is 0 Å². The first kappa shape index (κ1) is 11.6. The maximum absolute atomic E-state index is 11.5. The van der Waals surface area contributed by atoms with Crippen LogP contribution >= 0.6 is 15.9 Å². The van der Waals surface area contributed by atoms with E-state index in [0.29, 0.717) is 6.42 Å². The zero-order valence-electron chi connectivity index (χ0n) is 9.50. The van der Waals surface area contributed by atoms with Gasteiger partial charge in [-0.25, -0.2) is 0 Å². The second-order valence-electron chi connectivity index (χ2n) is 4.89. The molecule has 16 heavy (non-hydrogen) atoms. The molecule has 1 heterocycles. The fraction of sp³-hybridized carbons (Fsp3) is 0.462. The minimum Gasteiger partial charge on any atom is -0.460 e. The molecule has 1 aromatic rings. The van der Waals surface area contributed by atoms with Gasteiger partial charge in [-0.1, -0.05) is 28.1 Å². The molecule has 3 heteroatoms. The van der Waals surface area contributed by atoms with E-state index < -0.39 is 0 Å². The third kappa shape index (κ3) is 2.64. The first-order valence-corrected chi connectivity index (χ1v) is 6.23. The third-order valence-corrected chi connectivity index (χ3v) is 3.41. The van der Waals surface area contributed by atoms with E-state index in [1.54, 1.807) is 0 Å². The summed E-state index contributed by atoms with van der Waals surface area (Å²) in [5.41, 5.74) is 0.875. The molecular weight excluding hydrogens is 268 g/mol. The number of carbonyl (C=O) groups excluding carboxylic acids is 1. The van der Waals surface area contributed by atoms with Gasteiger partial charge in [0.05, 0.1) is 6.42 Å². The van der Waals surface area contributed by atoms with E-state index in [-0.39, 0.29) is 17.5 Å². The van der Waals surface area contributed by atoms with Crippen molar-refractivity contribution < 1.29 is 9.53 Å². The summed E-state index contributed by atoms with van der Waals surface area (Å²) in [6, 6.07) is 8.18. The Labute approximate surface area is 104 Å². The highest BCUT2D eigenvalue weighted by atomic mass is 79.9. The van der Waals surface area contributed by atoms with Crippen LogP contribution in [0, 0.1) is 0 Å². The third-order valence-electron chi connectivity index (χ3n) is 2.88. The Kier molecular flexibility index (Phi) is 3.06. The van der Waals surface area contributed by atoms with Crippen molar-refractivity contribution in [1.29, 1.82) is 0 Å². The summed E-state index contributed by atoms with van der Waals surface area (Å²) in [6.07, 6.45) is 1.38. The number of benzene rings is 1. The molecule has 1 saturated heterocycles. The van der Waals surface area contributed by atoms with Gasteiger partial charge in [0.1, 0.15) is 5.60 Å². The minimum atomic E-state index is -0.340. The highest BCUT2D eigenvalue weighted by molar-refractivity contribution is 9.10. The molecule has 2 nitrogen and oxygen atoms in total. The van der Waals surface area contributed by atoms with E-state index in [1.165, 1.54) is 5.56 Å². The lowest BCUT2D eigenvalue weighted by molar-refractivity contribution is -0.164. The average Bonchev–Trinajstić information content (AvgIpc) is 2.15. The number of halogens is 1. The lowest BCUT2D eigenvalue weighted by atomic mass is 9.83. The summed E-state index contributed by atoms with van der Waals surface area (Å²) in [5, 5.41) is 0. The maximum atomic E-state index is 11.5. The van der Waals surface area contributed by atoms with Gasteiger partial charge in [-0.15, -0.1) is 0 Å². The van der Waals surface area contributed by atoms with Crippen molar-refractivity contribution in [3.05, 3.63) is 34.3 Å². The summed E-state index contributed by atoms with van der Waals surface area (Å²) in [4.78, 5) is 11.5. The van der Waals surface area contributed by atoms with Gasteiger partial charge in [-0.3, -0.25) is 4.79 Å². The number of carbonyl (C=O) groups is 1. The molecule has 1 aliphatic heterocycles. The predicted molar refractivity (Wildman–Crippen MR) is 66.3 cm³/mol. The zero-order chi connectivity index (χ0) is 11.8. The Bertz CT molecular complexity index is 395. The van der Waals surface area contributed by atoms with E-state index >= 15 is 0 Å². The number of hydrogen-bond acceptors (Lipinski definition) is 2. The van der Waals surface area contributed by atoms with Crippen LogP contribution in [-0.4, -0.2) is 11.6 Å². The Hall–Kier alpha value is -0.830. The maximum Gasteiger partial charge on any atom is 0.306 e. The van der Waals surface area contributed by atoms with Gasteiger partial charge in [-0.05, 0) is 43.9 Å². The first-order valence-electron chi connectivity index (χ1n) is 5.44. The largest absolute Gasteiger partial charge is 0.460 e. The van der Waals surface area contributed by atoms with Crippen molar-refractivity contribution in [2.45, 2.75) is 38.2 Å². The molecule has 0 aliphatic carbocycles. The van der Waals surface area contributed by atoms with Gasteiger partial charge < -0.3 is 4.74 Å². The van der Waals surface area contributed by atoms with E-state index in [0.717, 1.165) is 10.9 Å². The van der Waals surface area contributed by atoms with Crippen molar-refractivity contribution in [1.82, 2.24) is 0 Å². The standard InChI is InChI=1S/C13H15BrO2/c1-13(2)8-10(7-12(15)16-13)9-3-5-11(14)6-4-9/h3-6,10H,7-8H2,1-2H3/t10-/m0/s1. The van der Waals surface area contributed by atoms with Crippen molar-refractivity contribution in [3.8, 4) is 0 Å². The molecule has 86 valence electrons. The van der Waals surface area contributed by atoms with Crippen molar-refractivity contribution in [3.63, 3.8) is 0 Å². The van der Waals surface area contributed by atoms with Crippen molar-refractivity contribution in [2.75, 3.05) is 0 Å². The molecule has 0 bridgehead atoms. The molecule has 2 rings (SSSR count). The molecule has 0 saturated carbocycles. The molecule has 0 spiro atoms. The normalized spacial score (nSPS) is 23.9. The summed E-state index contributed by atoms with van der Waals surface area (Å²) < 4.78 is 6.36. The highest BCUT2D eigenvalue weighted by Gasteiger charge is 2.34. The van der Waals surface area contributed by atoms with Crippen LogP contribution in [0.4, 0.5) is 0 Å². The number of ether oxygens (including phenoxy) is 1. The van der Waals surface area contributed by atoms with E-state index in [4.69, 9.17) is 4.74 Å². The predicted octanol–water partition coefficient (Wildman–Crippen LogP) is 3.65. The van der Waals surface area contributed by atoms with Crippen LogP contribution in [0.5, 0.6) is 0 Å². The van der Waals surface area contributed by atoms with Crippen LogP contribution in [0.15, 0.2) is 28.7 Å². The number of hydrogen-bond donors (Lipinski definition) is 0. The Morgan fingerprint density at radius 1 is 1.31 bits per heavy atom. The van der Waals surface area contributed by atoms with Crippen molar-refractivity contribution in [2.24, 2.45) is 0 Å². The topological polar surface area (TPSA) is 26.3 Å². The quantitative estimate of drug-likeness (QED) is 0.735. The summed E-state index contributed by atoms with van der Waals surface area (Å²) >= 11 is 3.41. The summed E-state index contributed by atoms with van der Waals surface area (Å²) in [7, 11) is 0. The van der Waals surface area contributed by atoms with Gasteiger partial charge in [0.2, 0.25) is 0 Å². The van der Waals surface area contributed by atoms with Gasteiger partial charge in [0.25, 0.3) is 0 Å². The fourth-order valence-corrected chi connectivity index (χ4v) is 2.49. The van der Waals surface area contributed by atoms with Crippen LogP contribution in [0.25, 0.3) is 0 Å². The Morgan fingerprint density at radius 3 is 2.50 bits per heavy atom. The first-order chi connectivity index (χ1) is 7.46. The van der Waals surface area contributed by atoms with Crippen LogP contribution in [-0.2, 0) is 9.53 Å². The Balaban J connectivity index is 2.21. The van der Waals surface area contributed by atoms with Crippen LogP contribution in [0.1, 0.15) is 38.2 Å². The van der Waals surface area contributed by atoms with Crippen molar-refractivity contribution >= 4 is 21.9 Å². The molecule has 1 aliphatic rings. The van der Waals surface area contributed by atoms with Crippen LogP contribution < -0.4 is 0 Å². The molecule has 0 N–H and O–H groups in total. The molecular formula is C13H15BrO2. The van der Waals surface area contributed by atoms with Gasteiger partial charge in [-0.2, -0.15) is 0 Å². The van der Waals surface area contributed by atoms with Gasteiger partial charge in [0.15, 0.2) is 0 Å². The SMILES string of the molecule is CC1(C)C[C@@H](c2ccc(Br)cc2)CC(=O)O1. The van der Waals surface area contributed by atoms with E-state index in [1.807, 2.05) is 26.0 Å². The summed E-state index contributed by atoms with van der Waals surface area (Å²) in [6.45, 7) is 3.94. The molecule has 1 atom stereocenters. The van der Waals surface area contributed by atoms with Gasteiger partial charge in [0, 0.05) is 4.47 Å². The number of rotatable bonds is 1. The molecule has 0 unspecified atom stereocenters. The lowest BCUT2D eigenvalue weighted by Crippen LogP contribution is -2.36. The molecule has 0 aromatic heterocycles. The van der Waals surface area contributed by atoms with E-state index in [2.05, 4.69) is 28.1 Å². The molecule has 1 aromatic carbocycles. The van der Waals surface area contributed by atoms with Gasteiger partial charge >= 0.3 is 5.97 Å². The summed E-state index contributed by atoms with van der Waals surface area (Å²) in [5.74, 6) is 0.188. The molecule has 0 radical (unpaired) electrons. The van der Waals surface area contributed by atoms with E-state index in [9.17, 15) is 4.79 Å². The Morgan fingerprint density at radius 2 is 1.94 bits per heavy atom. The zero-order valence-corrected chi connectivity index (χ0v) is 11.1. The molecule has 0 amide bonds. The second kappa shape index (κ2) is 4.21. The lowest BCUT2D eigenvalue weighted by Gasteiger charge is -2.34. The number of esters is 1. The number of cyclic esters (lactones) is 1. The monoisotopic (exact) mass is 282 g/mol. The highest BCUT2D eigenvalue weighted by Crippen LogP contribution is 2.36. The van der Waals surface area contributed by atoms with Crippen LogP contribution in [0.3, 0.4) is 0 Å².